The number of carbonyl (C=O) groups is 3. The van der Waals surface area contributed by atoms with Crippen molar-refractivity contribution in [3.63, 3.8) is 0 Å². The van der Waals surface area contributed by atoms with Gasteiger partial charge in [-0.15, -0.1) is 0 Å². The molecule has 33 heavy (non-hydrogen) atoms. The van der Waals surface area contributed by atoms with Gasteiger partial charge in [0.15, 0.2) is 0 Å². The first-order valence-electron chi connectivity index (χ1n) is 11.1. The minimum absolute atomic E-state index is 0.0362. The molecule has 2 N–H and O–H groups in total. The van der Waals surface area contributed by atoms with Gasteiger partial charge < -0.3 is 15.5 Å². The summed E-state index contributed by atoms with van der Waals surface area (Å²) >= 11 is 0. The molecular weight excluding hydrogens is 414 g/mol. The van der Waals surface area contributed by atoms with Gasteiger partial charge in [-0.05, 0) is 29.7 Å². The Morgan fingerprint density at radius 1 is 0.848 bits per heavy atom. The third-order valence-electron chi connectivity index (χ3n) is 5.77. The highest BCUT2D eigenvalue weighted by atomic mass is 16.2. The van der Waals surface area contributed by atoms with Crippen molar-refractivity contribution in [1.29, 1.82) is 0 Å². The molecule has 3 aromatic rings. The Morgan fingerprint density at radius 3 is 2.21 bits per heavy atom. The molecule has 1 heterocycles. The monoisotopic (exact) mass is 441 g/mol. The minimum atomic E-state index is -0.449. The molecule has 0 spiro atoms. The fourth-order valence-corrected chi connectivity index (χ4v) is 3.99. The van der Waals surface area contributed by atoms with Crippen LogP contribution < -0.4 is 10.6 Å². The SMILES string of the molecule is O=C(NCCc1ccccc1)c1ccccc1NC(=O)[C@@H]1CC(=O)N(Cc2ccccc2)C1. The molecule has 0 unspecified atom stereocenters. The largest absolute Gasteiger partial charge is 0.352 e. The normalized spacial score (nSPS) is 15.3. The summed E-state index contributed by atoms with van der Waals surface area (Å²) in [6.45, 7) is 1.35. The van der Waals surface area contributed by atoms with Crippen LogP contribution in [0, 0.1) is 5.92 Å². The predicted octanol–water partition coefficient (Wildman–Crippen LogP) is 3.65. The number of likely N-dealkylation sites (tertiary alicyclic amines) is 1. The molecule has 0 bridgehead atoms. The lowest BCUT2D eigenvalue weighted by Gasteiger charge is -2.17. The summed E-state index contributed by atoms with van der Waals surface area (Å²) in [4.78, 5) is 39.8. The Kier molecular flexibility index (Phi) is 7.15. The fraction of sp³-hybridized carbons (Fsp3) is 0.222. The Balaban J connectivity index is 1.34. The van der Waals surface area contributed by atoms with Gasteiger partial charge in [0.25, 0.3) is 5.91 Å². The average Bonchev–Trinajstić information content (AvgIpc) is 3.21. The second kappa shape index (κ2) is 10.6. The molecule has 0 saturated carbocycles. The second-order valence-electron chi connectivity index (χ2n) is 8.19. The van der Waals surface area contributed by atoms with E-state index in [2.05, 4.69) is 10.6 Å². The molecule has 1 atom stereocenters. The lowest BCUT2D eigenvalue weighted by molar-refractivity contribution is -0.128. The number of carbonyl (C=O) groups excluding carboxylic acids is 3. The number of nitrogens with one attached hydrogen (secondary N) is 2. The molecule has 3 aromatic carbocycles. The van der Waals surface area contributed by atoms with E-state index in [4.69, 9.17) is 0 Å². The van der Waals surface area contributed by atoms with Gasteiger partial charge in [0, 0.05) is 26.1 Å². The number of hydrogen-bond acceptors (Lipinski definition) is 3. The van der Waals surface area contributed by atoms with Crippen molar-refractivity contribution in [3.05, 3.63) is 102 Å². The van der Waals surface area contributed by atoms with Gasteiger partial charge in [-0.2, -0.15) is 0 Å². The number of benzene rings is 3. The van der Waals surface area contributed by atoms with Crippen LogP contribution in [-0.4, -0.2) is 35.7 Å². The maximum atomic E-state index is 12.9. The van der Waals surface area contributed by atoms with Gasteiger partial charge in [0.1, 0.15) is 0 Å². The van der Waals surface area contributed by atoms with Crippen LogP contribution in [-0.2, 0) is 22.6 Å². The molecule has 4 rings (SSSR count). The summed E-state index contributed by atoms with van der Waals surface area (Å²) in [7, 11) is 0. The van der Waals surface area contributed by atoms with E-state index in [1.165, 1.54) is 0 Å². The topological polar surface area (TPSA) is 78.5 Å². The maximum absolute atomic E-state index is 12.9. The first kappa shape index (κ1) is 22.3. The van der Waals surface area contributed by atoms with E-state index < -0.39 is 5.92 Å². The highest BCUT2D eigenvalue weighted by Gasteiger charge is 2.34. The molecule has 3 amide bonds. The highest BCUT2D eigenvalue weighted by molar-refractivity contribution is 6.05. The van der Waals surface area contributed by atoms with Gasteiger partial charge in [-0.25, -0.2) is 0 Å². The molecule has 1 aliphatic rings. The third kappa shape index (κ3) is 5.86. The smallest absolute Gasteiger partial charge is 0.253 e. The summed E-state index contributed by atoms with van der Waals surface area (Å²) in [6, 6.07) is 26.6. The summed E-state index contributed by atoms with van der Waals surface area (Å²) in [5, 5.41) is 5.79. The molecule has 0 radical (unpaired) electrons. The Labute approximate surface area is 193 Å². The van der Waals surface area contributed by atoms with Crippen LogP contribution in [0.1, 0.15) is 27.9 Å². The summed E-state index contributed by atoms with van der Waals surface area (Å²) < 4.78 is 0. The van der Waals surface area contributed by atoms with Crippen LogP contribution in [0.15, 0.2) is 84.9 Å². The van der Waals surface area contributed by atoms with Crippen LogP contribution in [0.3, 0.4) is 0 Å². The van der Waals surface area contributed by atoms with Crippen LogP contribution in [0.4, 0.5) is 5.69 Å². The van der Waals surface area contributed by atoms with Crippen LogP contribution >= 0.6 is 0 Å². The summed E-state index contributed by atoms with van der Waals surface area (Å²) in [6.07, 6.45) is 0.895. The van der Waals surface area contributed by atoms with Crippen LogP contribution in [0.5, 0.6) is 0 Å². The van der Waals surface area contributed by atoms with E-state index >= 15 is 0 Å². The molecule has 6 nitrogen and oxygen atoms in total. The zero-order valence-electron chi connectivity index (χ0n) is 18.4. The molecule has 1 fully saturated rings. The second-order valence-corrected chi connectivity index (χ2v) is 8.19. The number of amides is 3. The first-order valence-corrected chi connectivity index (χ1v) is 11.1. The summed E-state index contributed by atoms with van der Waals surface area (Å²) in [5.41, 5.74) is 3.04. The minimum Gasteiger partial charge on any atom is -0.352 e. The van der Waals surface area contributed by atoms with E-state index in [9.17, 15) is 14.4 Å². The lowest BCUT2D eigenvalue weighted by atomic mass is 10.1. The predicted molar refractivity (Wildman–Crippen MR) is 128 cm³/mol. The van der Waals surface area contributed by atoms with Gasteiger partial charge in [-0.1, -0.05) is 72.8 Å². The molecule has 0 aliphatic carbocycles. The number of anilines is 1. The summed E-state index contributed by atoms with van der Waals surface area (Å²) in [5.74, 6) is -0.972. The van der Waals surface area contributed by atoms with Crippen molar-refractivity contribution in [2.45, 2.75) is 19.4 Å². The van der Waals surface area contributed by atoms with E-state index in [0.29, 0.717) is 30.9 Å². The zero-order chi connectivity index (χ0) is 23.0. The van der Waals surface area contributed by atoms with E-state index in [0.717, 1.165) is 17.5 Å². The third-order valence-corrected chi connectivity index (χ3v) is 5.77. The fourth-order valence-electron chi connectivity index (χ4n) is 3.99. The van der Waals surface area contributed by atoms with Crippen molar-refractivity contribution in [2.75, 3.05) is 18.4 Å². The van der Waals surface area contributed by atoms with E-state index in [1.54, 1.807) is 29.2 Å². The average molecular weight is 442 g/mol. The Bertz CT molecular complexity index is 1120. The molecule has 0 aromatic heterocycles. The van der Waals surface area contributed by atoms with Gasteiger partial charge in [0.2, 0.25) is 11.8 Å². The zero-order valence-corrected chi connectivity index (χ0v) is 18.4. The molecule has 1 aliphatic heterocycles. The number of para-hydroxylation sites is 1. The van der Waals surface area contributed by atoms with E-state index in [-0.39, 0.29) is 24.1 Å². The van der Waals surface area contributed by atoms with Crippen molar-refractivity contribution < 1.29 is 14.4 Å². The van der Waals surface area contributed by atoms with E-state index in [1.807, 2.05) is 60.7 Å². The van der Waals surface area contributed by atoms with Crippen molar-refractivity contribution >= 4 is 23.4 Å². The van der Waals surface area contributed by atoms with Gasteiger partial charge in [-0.3, -0.25) is 14.4 Å². The van der Waals surface area contributed by atoms with Crippen molar-refractivity contribution in [2.24, 2.45) is 5.92 Å². The highest BCUT2D eigenvalue weighted by Crippen LogP contribution is 2.23. The first-order chi connectivity index (χ1) is 16.1. The van der Waals surface area contributed by atoms with Gasteiger partial charge >= 0.3 is 0 Å². The number of hydrogen-bond donors (Lipinski definition) is 2. The standard InChI is InChI=1S/C27H27N3O3/c31-25-17-22(19-30(25)18-21-11-5-2-6-12-21)26(32)29-24-14-8-7-13-23(24)27(33)28-16-15-20-9-3-1-4-10-20/h1-14,22H,15-19H2,(H,28,33)(H,29,32)/t22-/m1/s1. The Hall–Kier alpha value is -3.93. The quantitative estimate of drug-likeness (QED) is 0.560. The molecule has 168 valence electrons. The van der Waals surface area contributed by atoms with Gasteiger partial charge in [0.05, 0.1) is 17.2 Å². The number of nitrogens with zero attached hydrogens (tertiary/aromatic N) is 1. The van der Waals surface area contributed by atoms with Crippen LogP contribution in [0.25, 0.3) is 0 Å². The Morgan fingerprint density at radius 2 is 1.48 bits per heavy atom. The number of rotatable bonds is 8. The maximum Gasteiger partial charge on any atom is 0.253 e. The van der Waals surface area contributed by atoms with Crippen molar-refractivity contribution in [1.82, 2.24) is 10.2 Å². The van der Waals surface area contributed by atoms with Crippen molar-refractivity contribution in [3.8, 4) is 0 Å². The molecular formula is C27H27N3O3. The lowest BCUT2D eigenvalue weighted by Crippen LogP contribution is -2.30. The molecule has 1 saturated heterocycles. The van der Waals surface area contributed by atoms with Crippen LogP contribution in [0.2, 0.25) is 0 Å². The molecule has 6 heteroatoms.